The fraction of sp³-hybridized carbons (Fsp3) is 0.600. The van der Waals surface area contributed by atoms with Crippen LogP contribution >= 0.6 is 15.9 Å². The smallest absolute Gasteiger partial charge is 0.0877 e. The van der Waals surface area contributed by atoms with Gasteiger partial charge in [0.15, 0.2) is 0 Å². The molecule has 3 nitrogen and oxygen atoms in total. The molecular formula is C15H22BrNO2. The first-order chi connectivity index (χ1) is 9.20. The van der Waals surface area contributed by atoms with Crippen LogP contribution in [0.3, 0.4) is 0 Å². The summed E-state index contributed by atoms with van der Waals surface area (Å²) >= 11 is 3.47. The van der Waals surface area contributed by atoms with Crippen molar-refractivity contribution < 1.29 is 9.47 Å². The van der Waals surface area contributed by atoms with E-state index in [1.807, 2.05) is 14.2 Å². The first kappa shape index (κ1) is 15.0. The Kier molecular flexibility index (Phi) is 5.39. The highest BCUT2D eigenvalue weighted by molar-refractivity contribution is 9.10. The predicted octanol–water partition coefficient (Wildman–Crippen LogP) is 2.78. The molecule has 0 amide bonds. The van der Waals surface area contributed by atoms with Crippen LogP contribution in [-0.4, -0.2) is 39.0 Å². The SMILES string of the molecule is CNC(Cc1ccc(Br)cc1)C1(OC)CCOCC1. The number of methoxy groups -OCH3 is 1. The predicted molar refractivity (Wildman–Crippen MR) is 80.5 cm³/mol. The van der Waals surface area contributed by atoms with Gasteiger partial charge < -0.3 is 14.8 Å². The van der Waals surface area contributed by atoms with Gasteiger partial charge >= 0.3 is 0 Å². The third-order valence-electron chi connectivity index (χ3n) is 4.08. The lowest BCUT2D eigenvalue weighted by atomic mass is 9.82. The van der Waals surface area contributed by atoms with Gasteiger partial charge in [0.1, 0.15) is 0 Å². The molecule has 1 fully saturated rings. The summed E-state index contributed by atoms with van der Waals surface area (Å²) in [7, 11) is 3.83. The number of rotatable bonds is 5. The van der Waals surface area contributed by atoms with E-state index in [1.54, 1.807) is 0 Å². The van der Waals surface area contributed by atoms with Gasteiger partial charge in [-0.1, -0.05) is 28.1 Å². The highest BCUT2D eigenvalue weighted by Gasteiger charge is 2.39. The van der Waals surface area contributed by atoms with Gasteiger partial charge in [0.05, 0.1) is 5.60 Å². The van der Waals surface area contributed by atoms with Crippen molar-refractivity contribution in [2.24, 2.45) is 0 Å². The van der Waals surface area contributed by atoms with Crippen LogP contribution < -0.4 is 5.32 Å². The van der Waals surface area contributed by atoms with Gasteiger partial charge in [-0.25, -0.2) is 0 Å². The molecule has 4 heteroatoms. The van der Waals surface area contributed by atoms with Crippen LogP contribution in [0.1, 0.15) is 18.4 Å². The fourth-order valence-corrected chi connectivity index (χ4v) is 3.08. The summed E-state index contributed by atoms with van der Waals surface area (Å²) in [4.78, 5) is 0. The Morgan fingerprint density at radius 2 is 1.95 bits per heavy atom. The summed E-state index contributed by atoms with van der Waals surface area (Å²) in [6, 6.07) is 8.81. The molecule has 0 aromatic heterocycles. The van der Waals surface area contributed by atoms with Crippen LogP contribution in [0.4, 0.5) is 0 Å². The van der Waals surface area contributed by atoms with Crippen molar-refractivity contribution in [2.45, 2.75) is 30.9 Å². The Hall–Kier alpha value is -0.420. The maximum absolute atomic E-state index is 5.88. The second kappa shape index (κ2) is 6.84. The van der Waals surface area contributed by atoms with Gasteiger partial charge in [-0.15, -0.1) is 0 Å². The molecule has 2 rings (SSSR count). The standard InChI is InChI=1S/C15H22BrNO2/c1-17-14(11-12-3-5-13(16)6-4-12)15(18-2)7-9-19-10-8-15/h3-6,14,17H,7-11H2,1-2H3. The van der Waals surface area contributed by atoms with E-state index >= 15 is 0 Å². The normalized spacial score (nSPS) is 20.2. The summed E-state index contributed by atoms with van der Waals surface area (Å²) in [5.74, 6) is 0. The third kappa shape index (κ3) is 3.57. The lowest BCUT2D eigenvalue weighted by molar-refractivity contribution is -0.109. The molecule has 1 aromatic carbocycles. The zero-order valence-electron chi connectivity index (χ0n) is 11.6. The number of hydrogen-bond acceptors (Lipinski definition) is 3. The number of benzene rings is 1. The highest BCUT2D eigenvalue weighted by atomic mass is 79.9. The van der Waals surface area contributed by atoms with Gasteiger partial charge in [-0.05, 0) is 31.2 Å². The Labute approximate surface area is 123 Å². The third-order valence-corrected chi connectivity index (χ3v) is 4.61. The van der Waals surface area contributed by atoms with Crippen LogP contribution in [0.15, 0.2) is 28.7 Å². The van der Waals surface area contributed by atoms with Crippen molar-refractivity contribution >= 4 is 15.9 Å². The minimum absolute atomic E-state index is 0.111. The molecule has 19 heavy (non-hydrogen) atoms. The average molecular weight is 328 g/mol. The van der Waals surface area contributed by atoms with E-state index in [2.05, 4.69) is 45.5 Å². The molecule has 0 saturated carbocycles. The second-order valence-electron chi connectivity index (χ2n) is 5.05. The summed E-state index contributed by atoms with van der Waals surface area (Å²) in [5.41, 5.74) is 1.21. The van der Waals surface area contributed by atoms with Gasteiger partial charge in [-0.3, -0.25) is 0 Å². The van der Waals surface area contributed by atoms with E-state index in [9.17, 15) is 0 Å². The first-order valence-corrected chi connectivity index (χ1v) is 7.54. The van der Waals surface area contributed by atoms with E-state index in [-0.39, 0.29) is 5.60 Å². The van der Waals surface area contributed by atoms with Crippen LogP contribution in [0.5, 0.6) is 0 Å². The number of nitrogens with one attached hydrogen (secondary N) is 1. The quantitative estimate of drug-likeness (QED) is 0.902. The molecule has 1 aliphatic rings. The highest BCUT2D eigenvalue weighted by Crippen LogP contribution is 2.30. The Morgan fingerprint density at radius 1 is 1.32 bits per heavy atom. The van der Waals surface area contributed by atoms with E-state index in [4.69, 9.17) is 9.47 Å². The number of hydrogen-bond donors (Lipinski definition) is 1. The molecule has 1 atom stereocenters. The molecule has 1 unspecified atom stereocenters. The number of halogens is 1. The van der Waals surface area contributed by atoms with E-state index < -0.39 is 0 Å². The Balaban J connectivity index is 2.11. The van der Waals surface area contributed by atoms with Crippen molar-refractivity contribution in [3.63, 3.8) is 0 Å². The molecule has 0 spiro atoms. The molecule has 0 radical (unpaired) electrons. The molecule has 1 aromatic rings. The zero-order valence-corrected chi connectivity index (χ0v) is 13.2. The van der Waals surface area contributed by atoms with E-state index in [0.29, 0.717) is 6.04 Å². The Bertz CT molecular complexity index is 388. The van der Waals surface area contributed by atoms with E-state index in [0.717, 1.165) is 36.9 Å². The topological polar surface area (TPSA) is 30.5 Å². The molecule has 1 aliphatic heterocycles. The molecule has 1 N–H and O–H groups in total. The lowest BCUT2D eigenvalue weighted by Gasteiger charge is -2.42. The van der Waals surface area contributed by atoms with Gasteiger partial charge in [0.25, 0.3) is 0 Å². The summed E-state index contributed by atoms with van der Waals surface area (Å²) < 4.78 is 12.5. The lowest BCUT2D eigenvalue weighted by Crippen LogP contribution is -2.55. The largest absolute Gasteiger partial charge is 0.381 e. The summed E-state index contributed by atoms with van der Waals surface area (Å²) in [6.07, 6.45) is 2.87. The molecule has 0 bridgehead atoms. The van der Waals surface area contributed by atoms with E-state index in [1.165, 1.54) is 5.56 Å². The van der Waals surface area contributed by atoms with Crippen LogP contribution in [0.2, 0.25) is 0 Å². The molecular weight excluding hydrogens is 306 g/mol. The summed E-state index contributed by atoms with van der Waals surface area (Å²) in [5, 5.41) is 3.43. The maximum atomic E-state index is 5.88. The van der Waals surface area contributed by atoms with Crippen LogP contribution in [0, 0.1) is 0 Å². The monoisotopic (exact) mass is 327 g/mol. The average Bonchev–Trinajstić information content (AvgIpc) is 2.47. The number of likely N-dealkylation sites (N-methyl/N-ethyl adjacent to an activating group) is 1. The minimum Gasteiger partial charge on any atom is -0.381 e. The van der Waals surface area contributed by atoms with Gasteiger partial charge in [0, 0.05) is 43.7 Å². The van der Waals surface area contributed by atoms with Crippen LogP contribution in [0.25, 0.3) is 0 Å². The molecule has 1 heterocycles. The fourth-order valence-electron chi connectivity index (χ4n) is 2.82. The van der Waals surface area contributed by atoms with Gasteiger partial charge in [-0.2, -0.15) is 0 Å². The maximum Gasteiger partial charge on any atom is 0.0877 e. The summed E-state index contributed by atoms with van der Waals surface area (Å²) in [6.45, 7) is 1.57. The second-order valence-corrected chi connectivity index (χ2v) is 5.97. The first-order valence-electron chi connectivity index (χ1n) is 6.75. The van der Waals surface area contributed by atoms with Crippen molar-refractivity contribution in [3.8, 4) is 0 Å². The molecule has 0 aliphatic carbocycles. The van der Waals surface area contributed by atoms with Crippen molar-refractivity contribution in [2.75, 3.05) is 27.4 Å². The molecule has 1 saturated heterocycles. The van der Waals surface area contributed by atoms with Crippen molar-refractivity contribution in [1.29, 1.82) is 0 Å². The Morgan fingerprint density at radius 3 is 2.47 bits per heavy atom. The van der Waals surface area contributed by atoms with Crippen molar-refractivity contribution in [1.82, 2.24) is 5.32 Å². The van der Waals surface area contributed by atoms with Crippen LogP contribution in [-0.2, 0) is 15.9 Å². The van der Waals surface area contributed by atoms with Crippen molar-refractivity contribution in [3.05, 3.63) is 34.3 Å². The minimum atomic E-state index is -0.111. The number of ether oxygens (including phenoxy) is 2. The van der Waals surface area contributed by atoms with Gasteiger partial charge in [0.2, 0.25) is 0 Å². The zero-order chi connectivity index (χ0) is 13.7. The molecule has 106 valence electrons.